The Kier molecular flexibility index (Phi) is 10.2. The van der Waals surface area contributed by atoms with Crippen molar-refractivity contribution in [3.8, 4) is 0 Å². The number of nitrogens with zero attached hydrogens (tertiary/aromatic N) is 3. The molecule has 0 aliphatic heterocycles. The van der Waals surface area contributed by atoms with E-state index in [1.54, 1.807) is 6.20 Å². The lowest BCUT2D eigenvalue weighted by molar-refractivity contribution is -0.114. The van der Waals surface area contributed by atoms with Crippen LogP contribution in [0.2, 0.25) is 0 Å². The summed E-state index contributed by atoms with van der Waals surface area (Å²) in [4.78, 5) is 19.6. The van der Waals surface area contributed by atoms with Crippen LogP contribution in [0.25, 0.3) is 11.2 Å². The van der Waals surface area contributed by atoms with Crippen LogP contribution in [-0.4, -0.2) is 20.4 Å². The first-order chi connectivity index (χ1) is 9.08. The zero-order valence-electron chi connectivity index (χ0n) is 12.9. The monoisotopic (exact) mass is 280 g/mol. The molecule has 2 aromatic rings. The fraction of sp³-hybridized carbons (Fsp3) is 0.533. The molecule has 0 spiro atoms. The molecule has 5 heteroatoms. The molecular formula is C15H28N4O. The van der Waals surface area contributed by atoms with E-state index >= 15 is 0 Å². The highest BCUT2D eigenvalue weighted by Crippen LogP contribution is 2.21. The normalized spacial score (nSPS) is 8.55. The summed E-state index contributed by atoms with van der Waals surface area (Å²) in [6.45, 7) is 11.3. The molecule has 0 bridgehead atoms. The molecule has 0 saturated carbocycles. The van der Waals surface area contributed by atoms with Crippen LogP contribution in [0.5, 0.6) is 0 Å². The van der Waals surface area contributed by atoms with E-state index in [9.17, 15) is 4.79 Å². The van der Waals surface area contributed by atoms with Crippen molar-refractivity contribution in [2.75, 3.05) is 5.32 Å². The smallest absolute Gasteiger partial charge is 0.221 e. The predicted octanol–water partition coefficient (Wildman–Crippen LogP) is 3.92. The molecule has 0 aromatic carbocycles. The molecule has 0 saturated heterocycles. The molecule has 0 radical (unpaired) electrons. The number of fused-ring (bicyclic) bond motifs is 1. The van der Waals surface area contributed by atoms with Crippen molar-refractivity contribution < 1.29 is 4.79 Å². The lowest BCUT2D eigenvalue weighted by atomic mass is 10.4. The summed E-state index contributed by atoms with van der Waals surface area (Å²) in [6, 6.07) is 0. The van der Waals surface area contributed by atoms with E-state index in [1.807, 2.05) is 52.4 Å². The van der Waals surface area contributed by atoms with Crippen molar-refractivity contribution in [3.05, 3.63) is 18.1 Å². The number of carbonyl (C=O) groups excluding carboxylic acids is 1. The molecule has 5 nitrogen and oxygen atoms in total. The Morgan fingerprint density at radius 2 is 1.80 bits per heavy atom. The molecule has 20 heavy (non-hydrogen) atoms. The summed E-state index contributed by atoms with van der Waals surface area (Å²) in [5.41, 5.74) is 3.04. The lowest BCUT2D eigenvalue weighted by Crippen LogP contribution is -2.05. The first-order valence-corrected chi connectivity index (χ1v) is 6.64. The standard InChI is InChI=1S/C10H12N4O.2C2H6.CH4/c1-6-4-11-10-9(12-6)8(5-14(10)3)13-7(2)15;2*1-2;/h4-5H,1-3H3,(H,13,15);2*1-2H3;1H4. The first kappa shape index (κ1) is 20.4. The summed E-state index contributed by atoms with van der Waals surface area (Å²) in [5, 5.41) is 2.73. The zero-order chi connectivity index (χ0) is 15.0. The van der Waals surface area contributed by atoms with Crippen molar-refractivity contribution in [1.82, 2.24) is 14.5 Å². The highest BCUT2D eigenvalue weighted by atomic mass is 16.1. The molecule has 1 amide bonds. The Balaban J connectivity index is 0. The molecule has 114 valence electrons. The van der Waals surface area contributed by atoms with Crippen molar-refractivity contribution in [1.29, 1.82) is 0 Å². The van der Waals surface area contributed by atoms with Crippen molar-refractivity contribution in [2.45, 2.75) is 49.0 Å². The highest BCUT2D eigenvalue weighted by Gasteiger charge is 2.09. The molecule has 2 aromatic heterocycles. The van der Waals surface area contributed by atoms with Gasteiger partial charge in [0.15, 0.2) is 5.65 Å². The van der Waals surface area contributed by atoms with Crippen molar-refractivity contribution >= 4 is 22.8 Å². The summed E-state index contributed by atoms with van der Waals surface area (Å²) in [5.74, 6) is -0.106. The van der Waals surface area contributed by atoms with E-state index in [4.69, 9.17) is 0 Å². The van der Waals surface area contributed by atoms with Crippen LogP contribution < -0.4 is 5.32 Å². The zero-order valence-corrected chi connectivity index (χ0v) is 12.9. The first-order valence-electron chi connectivity index (χ1n) is 6.64. The second-order valence-corrected chi connectivity index (χ2v) is 3.52. The topological polar surface area (TPSA) is 59.8 Å². The Morgan fingerprint density at radius 1 is 1.25 bits per heavy atom. The van der Waals surface area contributed by atoms with Gasteiger partial charge in [-0.25, -0.2) is 9.97 Å². The van der Waals surface area contributed by atoms with Gasteiger partial charge in [-0.05, 0) is 6.92 Å². The number of rotatable bonds is 1. The van der Waals surface area contributed by atoms with Gasteiger partial charge in [0.05, 0.1) is 17.6 Å². The fourth-order valence-electron chi connectivity index (χ4n) is 1.51. The Bertz CT molecular complexity index is 532. The second-order valence-electron chi connectivity index (χ2n) is 3.52. The quantitative estimate of drug-likeness (QED) is 0.861. The maximum atomic E-state index is 11.0. The number of amides is 1. The Labute approximate surface area is 122 Å². The average Bonchev–Trinajstić information content (AvgIpc) is 2.70. The summed E-state index contributed by atoms with van der Waals surface area (Å²) in [6.07, 6.45) is 3.52. The molecule has 2 heterocycles. The van der Waals surface area contributed by atoms with E-state index in [2.05, 4.69) is 15.3 Å². The van der Waals surface area contributed by atoms with Crippen LogP contribution in [-0.2, 0) is 11.8 Å². The van der Waals surface area contributed by atoms with Crippen LogP contribution in [0.3, 0.4) is 0 Å². The van der Waals surface area contributed by atoms with E-state index in [0.717, 1.165) is 16.9 Å². The molecule has 0 unspecified atom stereocenters. The molecule has 0 atom stereocenters. The minimum atomic E-state index is -0.106. The lowest BCUT2D eigenvalue weighted by Gasteiger charge is -1.98. The van der Waals surface area contributed by atoms with Crippen LogP contribution >= 0.6 is 0 Å². The number of hydrogen-bond donors (Lipinski definition) is 1. The minimum absolute atomic E-state index is 0. The number of anilines is 1. The largest absolute Gasteiger partial charge is 0.332 e. The van der Waals surface area contributed by atoms with E-state index in [-0.39, 0.29) is 13.3 Å². The Morgan fingerprint density at radius 3 is 2.30 bits per heavy atom. The molecule has 0 aliphatic rings. The molecule has 0 aliphatic carbocycles. The van der Waals surface area contributed by atoms with Gasteiger partial charge >= 0.3 is 0 Å². The maximum Gasteiger partial charge on any atom is 0.221 e. The van der Waals surface area contributed by atoms with Gasteiger partial charge in [0.25, 0.3) is 0 Å². The maximum absolute atomic E-state index is 11.0. The molecular weight excluding hydrogens is 252 g/mol. The molecule has 2 rings (SSSR count). The van der Waals surface area contributed by atoms with Crippen LogP contribution in [0, 0.1) is 6.92 Å². The SMILES string of the molecule is C.CC.CC.CC(=O)Nc1cn(C)c2ncc(C)nc12. The number of nitrogens with one attached hydrogen (secondary N) is 1. The number of carbonyl (C=O) groups is 1. The van der Waals surface area contributed by atoms with Gasteiger partial charge in [-0.1, -0.05) is 35.1 Å². The van der Waals surface area contributed by atoms with Crippen molar-refractivity contribution in [3.63, 3.8) is 0 Å². The second kappa shape index (κ2) is 9.95. The summed E-state index contributed by atoms with van der Waals surface area (Å²) in [7, 11) is 1.87. The third-order valence-corrected chi connectivity index (χ3v) is 2.10. The van der Waals surface area contributed by atoms with Gasteiger partial charge in [0.2, 0.25) is 5.91 Å². The van der Waals surface area contributed by atoms with E-state index in [1.165, 1.54) is 6.92 Å². The Hall–Kier alpha value is -1.91. The highest BCUT2D eigenvalue weighted by molar-refractivity contribution is 5.98. The van der Waals surface area contributed by atoms with Gasteiger partial charge in [-0.3, -0.25) is 4.79 Å². The number of aryl methyl sites for hydroxylation is 2. The van der Waals surface area contributed by atoms with Crippen LogP contribution in [0.15, 0.2) is 12.4 Å². The van der Waals surface area contributed by atoms with Gasteiger partial charge in [-0.2, -0.15) is 0 Å². The van der Waals surface area contributed by atoms with E-state index < -0.39 is 0 Å². The number of aromatic nitrogens is 3. The van der Waals surface area contributed by atoms with Crippen molar-refractivity contribution in [2.24, 2.45) is 7.05 Å². The van der Waals surface area contributed by atoms with Crippen LogP contribution in [0.4, 0.5) is 5.69 Å². The fourth-order valence-corrected chi connectivity index (χ4v) is 1.51. The van der Waals surface area contributed by atoms with Crippen LogP contribution in [0.1, 0.15) is 47.7 Å². The van der Waals surface area contributed by atoms with Gasteiger partial charge in [0, 0.05) is 20.2 Å². The van der Waals surface area contributed by atoms with Gasteiger partial charge in [-0.15, -0.1) is 0 Å². The summed E-state index contributed by atoms with van der Waals surface area (Å²) >= 11 is 0. The summed E-state index contributed by atoms with van der Waals surface area (Å²) < 4.78 is 1.84. The van der Waals surface area contributed by atoms with E-state index in [0.29, 0.717) is 5.69 Å². The molecule has 1 N–H and O–H groups in total. The third-order valence-electron chi connectivity index (χ3n) is 2.10. The van der Waals surface area contributed by atoms with Gasteiger partial charge in [0.1, 0.15) is 5.52 Å². The van der Waals surface area contributed by atoms with Gasteiger partial charge < -0.3 is 9.88 Å². The number of hydrogen-bond acceptors (Lipinski definition) is 3. The molecule has 0 fully saturated rings. The predicted molar refractivity (Wildman–Crippen MR) is 87.0 cm³/mol. The average molecular weight is 280 g/mol. The minimum Gasteiger partial charge on any atom is -0.332 e. The third kappa shape index (κ3) is 4.99.